The maximum Gasteiger partial charge on any atom is 0.323 e. The van der Waals surface area contributed by atoms with E-state index in [1.54, 1.807) is 4.90 Å². The van der Waals surface area contributed by atoms with E-state index < -0.39 is 5.97 Å². The third-order valence-corrected chi connectivity index (χ3v) is 3.56. The van der Waals surface area contributed by atoms with Gasteiger partial charge in [-0.3, -0.25) is 9.59 Å². The maximum absolute atomic E-state index is 12.4. The van der Waals surface area contributed by atoms with Crippen LogP contribution in [0.2, 0.25) is 0 Å². The van der Waals surface area contributed by atoms with Crippen molar-refractivity contribution in [2.75, 3.05) is 26.2 Å². The van der Waals surface area contributed by atoms with Crippen molar-refractivity contribution in [3.05, 3.63) is 0 Å². The van der Waals surface area contributed by atoms with Crippen molar-refractivity contribution in [1.82, 2.24) is 9.80 Å². The minimum Gasteiger partial charge on any atom is -0.480 e. The Labute approximate surface area is 125 Å². The zero-order valence-corrected chi connectivity index (χ0v) is 12.7. The molecule has 120 valence electrons. The van der Waals surface area contributed by atoms with E-state index in [0.717, 1.165) is 12.8 Å². The average Bonchev–Trinajstić information content (AvgIpc) is 2.36. The number of likely N-dealkylation sites (tertiary alicyclic amines) is 1. The van der Waals surface area contributed by atoms with Crippen molar-refractivity contribution in [3.8, 4) is 0 Å². The van der Waals surface area contributed by atoms with E-state index in [1.165, 1.54) is 4.90 Å². The first kappa shape index (κ1) is 17.3. The number of urea groups is 1. The number of carbonyl (C=O) groups excluding carboxylic acids is 2. The molecule has 0 spiro atoms. The number of hydrogen-bond donors (Lipinski definition) is 2. The van der Waals surface area contributed by atoms with Gasteiger partial charge in [0.25, 0.3) is 0 Å². The van der Waals surface area contributed by atoms with Crippen LogP contribution in [0.5, 0.6) is 0 Å². The number of rotatable bonds is 6. The Hall–Kier alpha value is -1.79. The molecule has 7 heteroatoms. The molecule has 0 saturated carbocycles. The summed E-state index contributed by atoms with van der Waals surface area (Å²) in [5.41, 5.74) is 5.18. The lowest BCUT2D eigenvalue weighted by molar-refractivity contribution is -0.138. The van der Waals surface area contributed by atoms with Crippen LogP contribution in [-0.4, -0.2) is 59.0 Å². The summed E-state index contributed by atoms with van der Waals surface area (Å²) in [6.07, 6.45) is 1.82. The molecule has 0 aromatic carbocycles. The molecule has 1 heterocycles. The van der Waals surface area contributed by atoms with Crippen molar-refractivity contribution in [1.29, 1.82) is 0 Å². The third kappa shape index (κ3) is 6.01. The van der Waals surface area contributed by atoms with E-state index in [1.807, 2.05) is 13.8 Å². The number of carbonyl (C=O) groups is 3. The van der Waals surface area contributed by atoms with Crippen LogP contribution in [0.25, 0.3) is 0 Å². The molecule has 0 aromatic heterocycles. The summed E-state index contributed by atoms with van der Waals surface area (Å²) in [5, 5.41) is 8.92. The van der Waals surface area contributed by atoms with Crippen molar-refractivity contribution in [2.45, 2.75) is 33.1 Å². The van der Waals surface area contributed by atoms with E-state index in [2.05, 4.69) is 0 Å². The SMILES string of the molecule is CC(C)CN(CC(=O)O)C(=O)N1CCC(CC(N)=O)CC1. The fourth-order valence-corrected chi connectivity index (χ4v) is 2.63. The van der Waals surface area contributed by atoms with Gasteiger partial charge in [-0.1, -0.05) is 13.8 Å². The zero-order chi connectivity index (χ0) is 16.0. The molecule has 0 atom stereocenters. The lowest BCUT2D eigenvalue weighted by Gasteiger charge is -2.35. The Balaban J connectivity index is 2.56. The van der Waals surface area contributed by atoms with E-state index in [9.17, 15) is 14.4 Å². The number of carboxylic acids is 1. The number of aliphatic carboxylic acids is 1. The maximum atomic E-state index is 12.4. The molecule has 0 radical (unpaired) electrons. The van der Waals surface area contributed by atoms with Crippen molar-refractivity contribution < 1.29 is 19.5 Å². The lowest BCUT2D eigenvalue weighted by Crippen LogP contribution is -2.49. The first-order chi connectivity index (χ1) is 9.79. The first-order valence-corrected chi connectivity index (χ1v) is 7.33. The summed E-state index contributed by atoms with van der Waals surface area (Å²) in [5.74, 6) is -0.884. The van der Waals surface area contributed by atoms with Crippen LogP contribution >= 0.6 is 0 Å². The van der Waals surface area contributed by atoms with Gasteiger partial charge in [0.1, 0.15) is 6.54 Å². The molecule has 1 saturated heterocycles. The van der Waals surface area contributed by atoms with Crippen LogP contribution in [0.1, 0.15) is 33.1 Å². The number of carboxylic acid groups (broad SMARTS) is 1. The molecule has 21 heavy (non-hydrogen) atoms. The van der Waals surface area contributed by atoms with Crippen LogP contribution < -0.4 is 5.73 Å². The Kier molecular flexibility index (Phi) is 6.45. The summed E-state index contributed by atoms with van der Waals surface area (Å²) in [6.45, 7) is 5.13. The summed E-state index contributed by atoms with van der Waals surface area (Å²) in [4.78, 5) is 37.2. The zero-order valence-electron chi connectivity index (χ0n) is 12.7. The van der Waals surface area contributed by atoms with Gasteiger partial charge in [-0.25, -0.2) is 4.79 Å². The van der Waals surface area contributed by atoms with Crippen molar-refractivity contribution in [2.24, 2.45) is 17.6 Å². The molecule has 1 aliphatic heterocycles. The molecular formula is C14H25N3O4. The smallest absolute Gasteiger partial charge is 0.323 e. The van der Waals surface area contributed by atoms with Crippen LogP contribution in [0, 0.1) is 11.8 Å². The Morgan fingerprint density at radius 1 is 1.29 bits per heavy atom. The number of nitrogens with zero attached hydrogens (tertiary/aromatic N) is 2. The topological polar surface area (TPSA) is 104 Å². The predicted molar refractivity (Wildman–Crippen MR) is 77.6 cm³/mol. The normalized spacial score (nSPS) is 16.0. The molecule has 3 amide bonds. The number of nitrogens with two attached hydrogens (primary N) is 1. The predicted octanol–water partition coefficient (Wildman–Crippen LogP) is 0.736. The largest absolute Gasteiger partial charge is 0.480 e. The van der Waals surface area contributed by atoms with Crippen molar-refractivity contribution in [3.63, 3.8) is 0 Å². The molecule has 1 rings (SSSR count). The highest BCUT2D eigenvalue weighted by Gasteiger charge is 2.28. The fourth-order valence-electron chi connectivity index (χ4n) is 2.63. The molecule has 0 bridgehead atoms. The second-order valence-corrected chi connectivity index (χ2v) is 6.05. The van der Waals surface area contributed by atoms with Crippen LogP contribution in [-0.2, 0) is 9.59 Å². The Bertz CT molecular complexity index is 390. The highest BCUT2D eigenvalue weighted by molar-refractivity contribution is 5.80. The van der Waals surface area contributed by atoms with Gasteiger partial charge in [0.15, 0.2) is 0 Å². The van der Waals surface area contributed by atoms with Gasteiger partial charge >= 0.3 is 12.0 Å². The molecular weight excluding hydrogens is 274 g/mol. The minimum absolute atomic E-state index is 0.209. The van der Waals surface area contributed by atoms with Gasteiger partial charge in [0.2, 0.25) is 5.91 Å². The average molecular weight is 299 g/mol. The van der Waals surface area contributed by atoms with Gasteiger partial charge in [-0.05, 0) is 24.7 Å². The molecule has 0 aromatic rings. The number of hydrogen-bond acceptors (Lipinski definition) is 3. The van der Waals surface area contributed by atoms with Gasteiger partial charge in [-0.2, -0.15) is 0 Å². The van der Waals surface area contributed by atoms with Crippen LogP contribution in [0.15, 0.2) is 0 Å². The fraction of sp³-hybridized carbons (Fsp3) is 0.786. The monoisotopic (exact) mass is 299 g/mol. The minimum atomic E-state index is -1.01. The highest BCUT2D eigenvalue weighted by Crippen LogP contribution is 2.21. The lowest BCUT2D eigenvalue weighted by atomic mass is 9.93. The number of amides is 3. The number of primary amides is 1. The second kappa shape index (κ2) is 7.85. The van der Waals surface area contributed by atoms with Crippen LogP contribution in [0.3, 0.4) is 0 Å². The molecule has 1 fully saturated rings. The third-order valence-electron chi connectivity index (χ3n) is 3.56. The molecule has 0 unspecified atom stereocenters. The molecule has 3 N–H and O–H groups in total. The van der Waals surface area contributed by atoms with Gasteiger partial charge in [-0.15, -0.1) is 0 Å². The summed E-state index contributed by atoms with van der Waals surface area (Å²) in [6, 6.07) is -0.233. The number of piperidine rings is 1. The quantitative estimate of drug-likeness (QED) is 0.754. The van der Waals surface area contributed by atoms with E-state index in [-0.39, 0.29) is 30.3 Å². The summed E-state index contributed by atoms with van der Waals surface area (Å²) in [7, 11) is 0. The molecule has 7 nitrogen and oxygen atoms in total. The summed E-state index contributed by atoms with van der Waals surface area (Å²) < 4.78 is 0. The molecule has 1 aliphatic rings. The Morgan fingerprint density at radius 2 is 1.86 bits per heavy atom. The standard InChI is InChI=1S/C14H25N3O4/c1-10(2)8-17(9-13(19)20)14(21)16-5-3-11(4-6-16)7-12(15)18/h10-11H,3-9H2,1-2H3,(H2,15,18)(H,19,20). The Morgan fingerprint density at radius 3 is 2.29 bits per heavy atom. The van der Waals surface area contributed by atoms with Gasteiger partial charge in [0.05, 0.1) is 0 Å². The van der Waals surface area contributed by atoms with Crippen LogP contribution in [0.4, 0.5) is 4.79 Å². The van der Waals surface area contributed by atoms with Gasteiger partial charge < -0.3 is 20.6 Å². The first-order valence-electron chi connectivity index (χ1n) is 7.33. The molecule has 0 aliphatic carbocycles. The van der Waals surface area contributed by atoms with E-state index in [4.69, 9.17) is 10.8 Å². The summed E-state index contributed by atoms with van der Waals surface area (Å²) >= 11 is 0. The van der Waals surface area contributed by atoms with Crippen molar-refractivity contribution >= 4 is 17.9 Å². The van der Waals surface area contributed by atoms with E-state index >= 15 is 0 Å². The highest BCUT2D eigenvalue weighted by atomic mass is 16.4. The second-order valence-electron chi connectivity index (χ2n) is 6.05. The van der Waals surface area contributed by atoms with E-state index in [0.29, 0.717) is 26.1 Å². The van der Waals surface area contributed by atoms with Gasteiger partial charge in [0, 0.05) is 26.1 Å².